The number of carbonyl (C=O) groups is 1. The van der Waals surface area contributed by atoms with Gasteiger partial charge in [-0.05, 0) is 19.1 Å². The van der Waals surface area contributed by atoms with Crippen LogP contribution in [0, 0.1) is 6.92 Å². The second-order valence-electron chi connectivity index (χ2n) is 5.55. The van der Waals surface area contributed by atoms with Gasteiger partial charge in [0.2, 0.25) is 5.95 Å². The fourth-order valence-electron chi connectivity index (χ4n) is 2.60. The van der Waals surface area contributed by atoms with Crippen molar-refractivity contribution in [3.8, 4) is 0 Å². The number of nitrogens with zero attached hydrogens (tertiary/aromatic N) is 4. The van der Waals surface area contributed by atoms with E-state index in [1.54, 1.807) is 6.07 Å². The Bertz CT molecular complexity index is 691. The van der Waals surface area contributed by atoms with Gasteiger partial charge in [0.1, 0.15) is 11.0 Å². The van der Waals surface area contributed by atoms with E-state index in [9.17, 15) is 4.79 Å². The van der Waals surface area contributed by atoms with Gasteiger partial charge < -0.3 is 15.5 Å². The van der Waals surface area contributed by atoms with Gasteiger partial charge in [-0.2, -0.15) is 4.98 Å². The molecule has 6 nitrogen and oxygen atoms in total. The molecule has 3 rings (SSSR count). The molecule has 7 heteroatoms. The lowest BCUT2D eigenvalue weighted by Crippen LogP contribution is -2.49. The molecule has 0 aliphatic carbocycles. The van der Waals surface area contributed by atoms with Gasteiger partial charge in [0.15, 0.2) is 0 Å². The summed E-state index contributed by atoms with van der Waals surface area (Å²) in [5, 5.41) is 0.325. The molecule has 0 unspecified atom stereocenters. The van der Waals surface area contributed by atoms with Crippen LogP contribution in [-0.2, 0) is 0 Å². The van der Waals surface area contributed by atoms with E-state index >= 15 is 0 Å². The van der Waals surface area contributed by atoms with Crippen LogP contribution in [0.1, 0.15) is 15.9 Å². The molecular formula is C16H18ClN5O. The van der Waals surface area contributed by atoms with Crippen molar-refractivity contribution in [3.63, 3.8) is 0 Å². The highest BCUT2D eigenvalue weighted by molar-refractivity contribution is 6.29. The van der Waals surface area contributed by atoms with Crippen LogP contribution in [0.5, 0.6) is 0 Å². The molecular weight excluding hydrogens is 314 g/mol. The third-order valence-electron chi connectivity index (χ3n) is 3.89. The SMILES string of the molecule is Cc1ccc(C(=O)N2CCN(c3cc(Cl)nc(N)n3)CC2)cc1. The zero-order valence-corrected chi connectivity index (χ0v) is 13.6. The van der Waals surface area contributed by atoms with Crippen LogP contribution >= 0.6 is 11.6 Å². The first-order valence-electron chi connectivity index (χ1n) is 7.44. The van der Waals surface area contributed by atoms with Gasteiger partial charge in [-0.3, -0.25) is 4.79 Å². The number of halogens is 1. The molecule has 1 aliphatic heterocycles. The molecule has 23 heavy (non-hydrogen) atoms. The largest absolute Gasteiger partial charge is 0.368 e. The van der Waals surface area contributed by atoms with Crippen molar-refractivity contribution in [2.45, 2.75) is 6.92 Å². The minimum absolute atomic E-state index is 0.0601. The Hall–Kier alpha value is -2.34. The fourth-order valence-corrected chi connectivity index (χ4v) is 2.79. The maximum Gasteiger partial charge on any atom is 0.253 e. The highest BCUT2D eigenvalue weighted by atomic mass is 35.5. The second-order valence-corrected chi connectivity index (χ2v) is 5.94. The normalized spacial score (nSPS) is 14.9. The molecule has 0 spiro atoms. The third-order valence-corrected chi connectivity index (χ3v) is 4.08. The Balaban J connectivity index is 1.66. The average molecular weight is 332 g/mol. The number of rotatable bonds is 2. The first-order chi connectivity index (χ1) is 11.0. The van der Waals surface area contributed by atoms with E-state index in [4.69, 9.17) is 17.3 Å². The monoisotopic (exact) mass is 331 g/mol. The lowest BCUT2D eigenvalue weighted by Gasteiger charge is -2.35. The van der Waals surface area contributed by atoms with E-state index in [0.717, 1.165) is 11.1 Å². The minimum Gasteiger partial charge on any atom is -0.368 e. The fraction of sp³-hybridized carbons (Fsp3) is 0.312. The smallest absolute Gasteiger partial charge is 0.253 e. The van der Waals surface area contributed by atoms with E-state index < -0.39 is 0 Å². The number of benzene rings is 1. The number of hydrogen-bond acceptors (Lipinski definition) is 5. The second kappa shape index (κ2) is 6.42. The molecule has 0 bridgehead atoms. The summed E-state index contributed by atoms with van der Waals surface area (Å²) in [6, 6.07) is 9.34. The van der Waals surface area contributed by atoms with Crippen molar-refractivity contribution in [1.29, 1.82) is 0 Å². The van der Waals surface area contributed by atoms with E-state index in [-0.39, 0.29) is 11.9 Å². The number of carbonyl (C=O) groups excluding carboxylic acids is 1. The summed E-state index contributed by atoms with van der Waals surface area (Å²) in [5.74, 6) is 0.917. The quantitative estimate of drug-likeness (QED) is 0.852. The molecule has 2 aromatic rings. The van der Waals surface area contributed by atoms with Crippen molar-refractivity contribution < 1.29 is 4.79 Å². The van der Waals surface area contributed by atoms with E-state index in [2.05, 4.69) is 14.9 Å². The van der Waals surface area contributed by atoms with Crippen molar-refractivity contribution in [2.24, 2.45) is 0 Å². The maximum absolute atomic E-state index is 12.5. The van der Waals surface area contributed by atoms with Gasteiger partial charge in [-0.15, -0.1) is 0 Å². The Labute approximate surface area is 139 Å². The molecule has 2 N–H and O–H groups in total. The molecule has 120 valence electrons. The highest BCUT2D eigenvalue weighted by Crippen LogP contribution is 2.19. The number of piperazine rings is 1. The van der Waals surface area contributed by atoms with Crippen LogP contribution < -0.4 is 10.6 Å². The Morgan fingerprint density at radius 1 is 1.13 bits per heavy atom. The summed E-state index contributed by atoms with van der Waals surface area (Å²) < 4.78 is 0. The van der Waals surface area contributed by atoms with Crippen molar-refractivity contribution in [1.82, 2.24) is 14.9 Å². The Morgan fingerprint density at radius 3 is 2.39 bits per heavy atom. The summed E-state index contributed by atoms with van der Waals surface area (Å²) in [7, 11) is 0. The van der Waals surface area contributed by atoms with Crippen LogP contribution in [0.25, 0.3) is 0 Å². The summed E-state index contributed by atoms with van der Waals surface area (Å²) in [6.45, 7) is 4.64. The third kappa shape index (κ3) is 3.53. The zero-order chi connectivity index (χ0) is 16.4. The van der Waals surface area contributed by atoms with E-state index in [1.165, 1.54) is 0 Å². The first-order valence-corrected chi connectivity index (χ1v) is 7.82. The van der Waals surface area contributed by atoms with Crippen LogP contribution in [0.2, 0.25) is 5.15 Å². The standard InChI is InChI=1S/C16H18ClN5O/c1-11-2-4-12(5-3-11)15(23)22-8-6-21(7-9-22)14-10-13(17)19-16(18)20-14/h2-5,10H,6-9H2,1H3,(H2,18,19,20). The molecule has 0 saturated carbocycles. The van der Waals surface area contributed by atoms with Gasteiger partial charge in [-0.1, -0.05) is 29.3 Å². The van der Waals surface area contributed by atoms with Crippen LogP contribution in [0.15, 0.2) is 30.3 Å². The lowest BCUT2D eigenvalue weighted by molar-refractivity contribution is 0.0746. The number of hydrogen-bond donors (Lipinski definition) is 1. The van der Waals surface area contributed by atoms with Crippen molar-refractivity contribution >= 4 is 29.3 Å². The predicted octanol–water partition coefficient (Wildman–Crippen LogP) is 1.98. The number of aryl methyl sites for hydroxylation is 1. The van der Waals surface area contributed by atoms with Gasteiger partial charge in [-0.25, -0.2) is 4.98 Å². The first kappa shape index (κ1) is 15.6. The van der Waals surface area contributed by atoms with Gasteiger partial charge in [0, 0.05) is 37.8 Å². The molecule has 1 amide bonds. The molecule has 1 aliphatic rings. The minimum atomic E-state index is 0.0601. The molecule has 1 aromatic carbocycles. The van der Waals surface area contributed by atoms with Crippen LogP contribution in [0.3, 0.4) is 0 Å². The maximum atomic E-state index is 12.5. The summed E-state index contributed by atoms with van der Waals surface area (Å²) in [6.07, 6.45) is 0. The molecule has 1 saturated heterocycles. The zero-order valence-electron chi connectivity index (χ0n) is 12.9. The van der Waals surface area contributed by atoms with Gasteiger partial charge in [0.25, 0.3) is 5.91 Å². The number of nitrogen functional groups attached to an aromatic ring is 1. The summed E-state index contributed by atoms with van der Waals surface area (Å²) in [4.78, 5) is 24.5. The summed E-state index contributed by atoms with van der Waals surface area (Å²) in [5.41, 5.74) is 7.50. The van der Waals surface area contributed by atoms with Gasteiger partial charge >= 0.3 is 0 Å². The number of nitrogens with two attached hydrogens (primary N) is 1. The van der Waals surface area contributed by atoms with E-state index in [0.29, 0.717) is 37.1 Å². The van der Waals surface area contributed by atoms with Crippen molar-refractivity contribution in [3.05, 3.63) is 46.6 Å². The lowest BCUT2D eigenvalue weighted by atomic mass is 10.1. The highest BCUT2D eigenvalue weighted by Gasteiger charge is 2.23. The van der Waals surface area contributed by atoms with Gasteiger partial charge in [0.05, 0.1) is 0 Å². The predicted molar refractivity (Wildman–Crippen MR) is 90.7 cm³/mol. The summed E-state index contributed by atoms with van der Waals surface area (Å²) >= 11 is 5.92. The number of amides is 1. The van der Waals surface area contributed by atoms with Crippen LogP contribution in [-0.4, -0.2) is 47.0 Å². The molecule has 0 atom stereocenters. The topological polar surface area (TPSA) is 75.4 Å². The Morgan fingerprint density at radius 2 is 1.78 bits per heavy atom. The molecule has 2 heterocycles. The number of aromatic nitrogens is 2. The Kier molecular flexibility index (Phi) is 4.34. The van der Waals surface area contributed by atoms with Crippen molar-refractivity contribution in [2.75, 3.05) is 36.8 Å². The average Bonchev–Trinajstić information content (AvgIpc) is 2.54. The van der Waals surface area contributed by atoms with E-state index in [1.807, 2.05) is 36.1 Å². The number of anilines is 2. The molecule has 0 radical (unpaired) electrons. The molecule has 1 aromatic heterocycles. The van der Waals surface area contributed by atoms with Crippen LogP contribution in [0.4, 0.5) is 11.8 Å². The molecule has 1 fully saturated rings.